The molecule has 1 amide bonds. The lowest BCUT2D eigenvalue weighted by Gasteiger charge is -2.08. The average molecular weight is 280 g/mol. The highest BCUT2D eigenvalue weighted by atomic mass is 16.5. The number of methoxy groups -OCH3 is 1. The van der Waals surface area contributed by atoms with E-state index in [2.05, 4.69) is 10.6 Å². The maximum atomic E-state index is 11.4. The molecule has 5 nitrogen and oxygen atoms in total. The van der Waals surface area contributed by atoms with Crippen LogP contribution in [-0.2, 0) is 9.53 Å². The molecule has 0 aromatic heterocycles. The molecule has 0 aliphatic carbocycles. The summed E-state index contributed by atoms with van der Waals surface area (Å²) in [5.74, 6) is 0.861. The smallest absolute Gasteiger partial charge is 0.233 e. The molecule has 112 valence electrons. The predicted octanol–water partition coefficient (Wildman–Crippen LogP) is 1.12. The van der Waals surface area contributed by atoms with Crippen LogP contribution in [0.25, 0.3) is 0 Å². The van der Waals surface area contributed by atoms with Crippen LogP contribution in [0.4, 0.5) is 0 Å². The first-order chi connectivity index (χ1) is 9.72. The maximum absolute atomic E-state index is 11.4. The second kappa shape index (κ2) is 10.2. The van der Waals surface area contributed by atoms with Gasteiger partial charge in [-0.25, -0.2) is 0 Å². The van der Waals surface area contributed by atoms with E-state index in [9.17, 15) is 4.79 Å². The standard InChI is InChI=1S/C15H24N2O3/c1-13-4-6-14(7-5-13)20-10-3-8-17-15(18)12-16-9-11-19-2/h4-7,16H,3,8-12H2,1-2H3,(H,17,18). The van der Waals surface area contributed by atoms with Crippen LogP contribution in [0.15, 0.2) is 24.3 Å². The summed E-state index contributed by atoms with van der Waals surface area (Å²) in [6, 6.07) is 7.94. The van der Waals surface area contributed by atoms with Gasteiger partial charge in [0.15, 0.2) is 0 Å². The van der Waals surface area contributed by atoms with Gasteiger partial charge in [0.2, 0.25) is 5.91 Å². The van der Waals surface area contributed by atoms with E-state index in [0.29, 0.717) is 32.8 Å². The average Bonchev–Trinajstić information content (AvgIpc) is 2.45. The monoisotopic (exact) mass is 280 g/mol. The summed E-state index contributed by atoms with van der Waals surface area (Å²) in [4.78, 5) is 11.4. The molecular weight excluding hydrogens is 256 g/mol. The molecule has 0 heterocycles. The minimum absolute atomic E-state index is 0.00330. The van der Waals surface area contributed by atoms with Gasteiger partial charge in [-0.2, -0.15) is 0 Å². The Bertz CT molecular complexity index is 379. The lowest BCUT2D eigenvalue weighted by Crippen LogP contribution is -2.35. The Morgan fingerprint density at radius 1 is 1.15 bits per heavy atom. The number of carbonyl (C=O) groups excluding carboxylic acids is 1. The Hall–Kier alpha value is -1.59. The third-order valence-corrected chi connectivity index (χ3v) is 2.70. The highest BCUT2D eigenvalue weighted by Gasteiger charge is 1.99. The molecular formula is C15H24N2O3. The molecule has 0 bridgehead atoms. The number of benzene rings is 1. The zero-order valence-electron chi connectivity index (χ0n) is 12.3. The molecule has 1 aromatic carbocycles. The number of hydrogen-bond donors (Lipinski definition) is 2. The van der Waals surface area contributed by atoms with Crippen molar-refractivity contribution in [1.82, 2.24) is 10.6 Å². The van der Waals surface area contributed by atoms with E-state index >= 15 is 0 Å². The predicted molar refractivity (Wildman–Crippen MR) is 79.0 cm³/mol. The fraction of sp³-hybridized carbons (Fsp3) is 0.533. The Kier molecular flexibility index (Phi) is 8.42. The van der Waals surface area contributed by atoms with Crippen LogP contribution in [0.2, 0.25) is 0 Å². The van der Waals surface area contributed by atoms with Crippen LogP contribution >= 0.6 is 0 Å². The fourth-order valence-electron chi connectivity index (χ4n) is 1.56. The Morgan fingerprint density at radius 2 is 1.90 bits per heavy atom. The highest BCUT2D eigenvalue weighted by molar-refractivity contribution is 5.77. The van der Waals surface area contributed by atoms with E-state index in [4.69, 9.17) is 9.47 Å². The van der Waals surface area contributed by atoms with E-state index in [1.165, 1.54) is 5.56 Å². The summed E-state index contributed by atoms with van der Waals surface area (Å²) in [6.45, 7) is 4.87. The summed E-state index contributed by atoms with van der Waals surface area (Å²) in [5, 5.41) is 5.82. The van der Waals surface area contributed by atoms with E-state index in [0.717, 1.165) is 12.2 Å². The topological polar surface area (TPSA) is 59.6 Å². The van der Waals surface area contributed by atoms with Crippen molar-refractivity contribution in [2.75, 3.05) is 40.0 Å². The largest absolute Gasteiger partial charge is 0.494 e. The van der Waals surface area contributed by atoms with Gasteiger partial charge in [-0.15, -0.1) is 0 Å². The lowest BCUT2D eigenvalue weighted by atomic mass is 10.2. The van der Waals surface area contributed by atoms with Crippen LogP contribution in [-0.4, -0.2) is 45.9 Å². The fourth-order valence-corrected chi connectivity index (χ4v) is 1.56. The first-order valence-corrected chi connectivity index (χ1v) is 6.88. The van der Waals surface area contributed by atoms with Crippen molar-refractivity contribution in [3.05, 3.63) is 29.8 Å². The molecule has 20 heavy (non-hydrogen) atoms. The normalized spacial score (nSPS) is 10.3. The van der Waals surface area contributed by atoms with Crippen molar-refractivity contribution in [3.63, 3.8) is 0 Å². The number of hydrogen-bond acceptors (Lipinski definition) is 4. The Morgan fingerprint density at radius 3 is 2.60 bits per heavy atom. The Balaban J connectivity index is 1.98. The van der Waals surface area contributed by atoms with Gasteiger partial charge >= 0.3 is 0 Å². The molecule has 0 saturated heterocycles. The molecule has 0 aliphatic rings. The summed E-state index contributed by atoms with van der Waals surface area (Å²) < 4.78 is 10.4. The van der Waals surface area contributed by atoms with Gasteiger partial charge < -0.3 is 20.1 Å². The van der Waals surface area contributed by atoms with Gasteiger partial charge in [0.25, 0.3) is 0 Å². The summed E-state index contributed by atoms with van der Waals surface area (Å²) >= 11 is 0. The van der Waals surface area contributed by atoms with Crippen molar-refractivity contribution in [3.8, 4) is 5.75 Å². The minimum atomic E-state index is -0.00330. The lowest BCUT2D eigenvalue weighted by molar-refractivity contribution is -0.120. The summed E-state index contributed by atoms with van der Waals surface area (Å²) in [5.41, 5.74) is 1.21. The summed E-state index contributed by atoms with van der Waals surface area (Å²) in [6.07, 6.45) is 0.789. The Labute approximate surface area is 120 Å². The molecule has 0 radical (unpaired) electrons. The van der Waals surface area contributed by atoms with Gasteiger partial charge in [0.05, 0.1) is 19.8 Å². The number of nitrogens with one attached hydrogen (secondary N) is 2. The van der Waals surface area contributed by atoms with Crippen molar-refractivity contribution in [2.24, 2.45) is 0 Å². The first kappa shape index (κ1) is 16.5. The molecule has 0 fully saturated rings. The first-order valence-electron chi connectivity index (χ1n) is 6.88. The van der Waals surface area contributed by atoms with E-state index in [-0.39, 0.29) is 5.91 Å². The second-order valence-electron chi connectivity index (χ2n) is 4.53. The van der Waals surface area contributed by atoms with E-state index in [1.807, 2.05) is 31.2 Å². The van der Waals surface area contributed by atoms with Crippen molar-refractivity contribution >= 4 is 5.91 Å². The summed E-state index contributed by atoms with van der Waals surface area (Å²) in [7, 11) is 1.63. The third kappa shape index (κ3) is 7.76. The van der Waals surface area contributed by atoms with Gasteiger partial charge in [0.1, 0.15) is 5.75 Å². The van der Waals surface area contributed by atoms with Gasteiger partial charge in [-0.1, -0.05) is 17.7 Å². The van der Waals surface area contributed by atoms with Crippen LogP contribution in [0, 0.1) is 6.92 Å². The molecule has 0 saturated carbocycles. The SMILES string of the molecule is COCCNCC(=O)NCCCOc1ccc(C)cc1. The molecule has 0 aliphatic heterocycles. The number of carbonyl (C=O) groups is 1. The number of ether oxygens (including phenoxy) is 2. The highest BCUT2D eigenvalue weighted by Crippen LogP contribution is 2.11. The molecule has 2 N–H and O–H groups in total. The maximum Gasteiger partial charge on any atom is 0.233 e. The molecule has 5 heteroatoms. The number of amides is 1. The van der Waals surface area contributed by atoms with Crippen LogP contribution in [0.5, 0.6) is 5.75 Å². The minimum Gasteiger partial charge on any atom is -0.494 e. The van der Waals surface area contributed by atoms with Crippen LogP contribution in [0.3, 0.4) is 0 Å². The van der Waals surface area contributed by atoms with Gasteiger partial charge in [-0.05, 0) is 25.5 Å². The number of rotatable bonds is 10. The van der Waals surface area contributed by atoms with E-state index < -0.39 is 0 Å². The molecule has 0 atom stereocenters. The quantitative estimate of drug-likeness (QED) is 0.631. The third-order valence-electron chi connectivity index (χ3n) is 2.70. The van der Waals surface area contributed by atoms with Crippen molar-refractivity contribution < 1.29 is 14.3 Å². The molecule has 1 rings (SSSR count). The van der Waals surface area contributed by atoms with Crippen molar-refractivity contribution in [1.29, 1.82) is 0 Å². The van der Waals surface area contributed by atoms with Crippen LogP contribution < -0.4 is 15.4 Å². The van der Waals surface area contributed by atoms with Crippen LogP contribution in [0.1, 0.15) is 12.0 Å². The molecule has 0 unspecified atom stereocenters. The zero-order valence-corrected chi connectivity index (χ0v) is 12.3. The van der Waals surface area contributed by atoms with Crippen molar-refractivity contribution in [2.45, 2.75) is 13.3 Å². The van der Waals surface area contributed by atoms with E-state index in [1.54, 1.807) is 7.11 Å². The number of aryl methyl sites for hydroxylation is 1. The molecule has 0 spiro atoms. The molecule has 1 aromatic rings. The zero-order chi connectivity index (χ0) is 14.6. The van der Waals surface area contributed by atoms with Gasteiger partial charge in [0, 0.05) is 20.2 Å². The van der Waals surface area contributed by atoms with Gasteiger partial charge in [-0.3, -0.25) is 4.79 Å². The second-order valence-corrected chi connectivity index (χ2v) is 4.53.